The van der Waals surface area contributed by atoms with Gasteiger partial charge in [-0.15, -0.1) is 0 Å². The molecule has 0 saturated carbocycles. The molecule has 20 heavy (non-hydrogen) atoms. The number of rotatable bonds is 4. The third-order valence-corrected chi connectivity index (χ3v) is 4.81. The molecule has 106 valence electrons. The van der Waals surface area contributed by atoms with Gasteiger partial charge in [0.05, 0.1) is 16.8 Å². The maximum Gasteiger partial charge on any atom is 0.229 e. The smallest absolute Gasteiger partial charge is 0.229 e. The SMILES string of the molecule is CS(=O)(=O)Nc1ccncc1S(=O)(=O)c1ccccc1. The molecule has 1 N–H and O–H groups in total. The number of sulfone groups is 1. The largest absolute Gasteiger partial charge is 0.282 e. The summed E-state index contributed by atoms with van der Waals surface area (Å²) in [6, 6.07) is 9.05. The van der Waals surface area contributed by atoms with Crippen molar-refractivity contribution in [1.82, 2.24) is 4.98 Å². The van der Waals surface area contributed by atoms with Gasteiger partial charge in [-0.3, -0.25) is 9.71 Å². The van der Waals surface area contributed by atoms with Gasteiger partial charge in [0.2, 0.25) is 19.9 Å². The predicted molar refractivity (Wildman–Crippen MR) is 74.6 cm³/mol. The molecule has 0 aliphatic heterocycles. The van der Waals surface area contributed by atoms with E-state index >= 15 is 0 Å². The van der Waals surface area contributed by atoms with Gasteiger partial charge in [0.25, 0.3) is 0 Å². The van der Waals surface area contributed by atoms with Gasteiger partial charge in [-0.2, -0.15) is 0 Å². The second-order valence-corrected chi connectivity index (χ2v) is 7.73. The summed E-state index contributed by atoms with van der Waals surface area (Å²) in [6.45, 7) is 0. The van der Waals surface area contributed by atoms with E-state index in [1.807, 2.05) is 0 Å². The molecule has 8 heteroatoms. The molecular weight excluding hydrogens is 300 g/mol. The molecule has 0 saturated heterocycles. The summed E-state index contributed by atoms with van der Waals surface area (Å²) in [7, 11) is -7.42. The van der Waals surface area contributed by atoms with E-state index in [9.17, 15) is 16.8 Å². The molecule has 0 aliphatic rings. The number of pyridine rings is 1. The van der Waals surface area contributed by atoms with Crippen molar-refractivity contribution >= 4 is 25.5 Å². The Balaban J connectivity index is 2.59. The Bertz CT molecular complexity index is 816. The zero-order chi connectivity index (χ0) is 14.8. The quantitative estimate of drug-likeness (QED) is 0.918. The monoisotopic (exact) mass is 312 g/mol. The summed E-state index contributed by atoms with van der Waals surface area (Å²) in [6.07, 6.45) is 3.39. The summed E-state index contributed by atoms with van der Waals surface area (Å²) in [5.41, 5.74) is -0.0219. The highest BCUT2D eigenvalue weighted by Crippen LogP contribution is 2.26. The van der Waals surface area contributed by atoms with Crippen molar-refractivity contribution in [3.63, 3.8) is 0 Å². The Morgan fingerprint density at radius 3 is 2.25 bits per heavy atom. The molecule has 0 fully saturated rings. The second-order valence-electron chi connectivity index (χ2n) is 4.06. The average molecular weight is 312 g/mol. The summed E-state index contributed by atoms with van der Waals surface area (Å²) in [5.74, 6) is 0. The standard InChI is InChI=1S/C12H12N2O4S2/c1-19(15,16)14-11-7-8-13-9-12(11)20(17,18)10-5-3-2-4-6-10/h2-9H,1H3,(H,13,14). The number of sulfonamides is 1. The molecule has 0 radical (unpaired) electrons. The Morgan fingerprint density at radius 1 is 1.00 bits per heavy atom. The number of hydrogen-bond acceptors (Lipinski definition) is 5. The Kier molecular flexibility index (Phi) is 3.78. The number of nitrogens with zero attached hydrogens (tertiary/aromatic N) is 1. The van der Waals surface area contributed by atoms with E-state index in [1.165, 1.54) is 24.4 Å². The molecule has 6 nitrogen and oxygen atoms in total. The third kappa shape index (κ3) is 3.14. The van der Waals surface area contributed by atoms with Crippen molar-refractivity contribution in [3.05, 3.63) is 48.8 Å². The van der Waals surface area contributed by atoms with Gasteiger partial charge in [0.15, 0.2) is 0 Å². The lowest BCUT2D eigenvalue weighted by Gasteiger charge is -2.10. The molecule has 0 unspecified atom stereocenters. The van der Waals surface area contributed by atoms with E-state index in [-0.39, 0.29) is 15.5 Å². The maximum absolute atomic E-state index is 12.5. The van der Waals surface area contributed by atoms with E-state index in [0.717, 1.165) is 12.5 Å². The molecule has 0 atom stereocenters. The highest BCUT2D eigenvalue weighted by atomic mass is 32.2. The number of hydrogen-bond donors (Lipinski definition) is 1. The van der Waals surface area contributed by atoms with Crippen LogP contribution in [-0.4, -0.2) is 28.1 Å². The second kappa shape index (κ2) is 5.22. The van der Waals surface area contributed by atoms with E-state index in [1.54, 1.807) is 18.2 Å². The van der Waals surface area contributed by atoms with Crippen molar-refractivity contribution < 1.29 is 16.8 Å². The number of nitrogens with one attached hydrogen (secondary N) is 1. The third-order valence-electron chi connectivity index (χ3n) is 2.42. The van der Waals surface area contributed by atoms with E-state index in [2.05, 4.69) is 9.71 Å². The molecule has 1 heterocycles. The topological polar surface area (TPSA) is 93.2 Å². The summed E-state index contributed by atoms with van der Waals surface area (Å²) >= 11 is 0. The van der Waals surface area contributed by atoms with Gasteiger partial charge < -0.3 is 0 Å². The van der Waals surface area contributed by atoms with Crippen LogP contribution in [0.1, 0.15) is 0 Å². The first-order valence-electron chi connectivity index (χ1n) is 5.53. The Labute approximate surface area is 117 Å². The van der Waals surface area contributed by atoms with Gasteiger partial charge >= 0.3 is 0 Å². The van der Waals surface area contributed by atoms with Crippen molar-refractivity contribution in [2.45, 2.75) is 9.79 Å². The van der Waals surface area contributed by atoms with Crippen LogP contribution < -0.4 is 4.72 Å². The minimum Gasteiger partial charge on any atom is -0.282 e. The fourth-order valence-electron chi connectivity index (χ4n) is 1.60. The van der Waals surface area contributed by atoms with Crippen LogP contribution in [0.3, 0.4) is 0 Å². The Morgan fingerprint density at radius 2 is 1.65 bits per heavy atom. The zero-order valence-corrected chi connectivity index (χ0v) is 12.1. The lowest BCUT2D eigenvalue weighted by Crippen LogP contribution is -2.13. The van der Waals surface area contributed by atoms with Gasteiger partial charge in [-0.25, -0.2) is 16.8 Å². The van der Waals surface area contributed by atoms with E-state index in [0.29, 0.717) is 0 Å². The molecule has 2 aromatic rings. The summed E-state index contributed by atoms with van der Waals surface area (Å²) in [4.78, 5) is 3.64. The minimum absolute atomic E-state index is 0.0219. The number of benzene rings is 1. The van der Waals surface area contributed by atoms with Crippen molar-refractivity contribution in [2.24, 2.45) is 0 Å². The van der Waals surface area contributed by atoms with Crippen molar-refractivity contribution in [1.29, 1.82) is 0 Å². The van der Waals surface area contributed by atoms with Crippen LogP contribution in [0.5, 0.6) is 0 Å². The lowest BCUT2D eigenvalue weighted by atomic mass is 10.4. The van der Waals surface area contributed by atoms with Crippen LogP contribution >= 0.6 is 0 Å². The zero-order valence-electron chi connectivity index (χ0n) is 10.5. The van der Waals surface area contributed by atoms with Gasteiger partial charge in [0, 0.05) is 12.4 Å². The summed E-state index contributed by atoms with van der Waals surface area (Å²) < 4.78 is 49.7. The highest BCUT2D eigenvalue weighted by molar-refractivity contribution is 7.93. The fraction of sp³-hybridized carbons (Fsp3) is 0.0833. The van der Waals surface area contributed by atoms with Crippen LogP contribution in [0.4, 0.5) is 5.69 Å². The van der Waals surface area contributed by atoms with Gasteiger partial charge in [0.1, 0.15) is 4.90 Å². The van der Waals surface area contributed by atoms with Crippen LogP contribution in [0.2, 0.25) is 0 Å². The maximum atomic E-state index is 12.5. The van der Waals surface area contributed by atoms with Crippen molar-refractivity contribution in [3.8, 4) is 0 Å². The van der Waals surface area contributed by atoms with Crippen LogP contribution in [-0.2, 0) is 19.9 Å². The molecule has 0 amide bonds. The first kappa shape index (κ1) is 14.5. The predicted octanol–water partition coefficient (Wildman–Crippen LogP) is 1.29. The van der Waals surface area contributed by atoms with Crippen LogP contribution in [0.15, 0.2) is 58.6 Å². The number of anilines is 1. The highest BCUT2D eigenvalue weighted by Gasteiger charge is 2.22. The summed E-state index contributed by atoms with van der Waals surface area (Å²) in [5, 5.41) is 0. The van der Waals surface area contributed by atoms with Crippen LogP contribution in [0.25, 0.3) is 0 Å². The lowest BCUT2D eigenvalue weighted by molar-refractivity contribution is 0.596. The molecular formula is C12H12N2O4S2. The van der Waals surface area contributed by atoms with Gasteiger partial charge in [-0.05, 0) is 18.2 Å². The molecule has 0 spiro atoms. The molecule has 0 aliphatic carbocycles. The molecule has 2 rings (SSSR count). The normalized spacial score (nSPS) is 12.1. The number of aromatic nitrogens is 1. The first-order chi connectivity index (χ1) is 9.31. The molecule has 1 aromatic heterocycles. The van der Waals surface area contributed by atoms with Crippen LogP contribution in [0, 0.1) is 0 Å². The van der Waals surface area contributed by atoms with E-state index in [4.69, 9.17) is 0 Å². The van der Waals surface area contributed by atoms with Crippen molar-refractivity contribution in [2.75, 3.05) is 11.0 Å². The molecule has 0 bridgehead atoms. The Hall–Kier alpha value is -1.93. The average Bonchev–Trinajstić information content (AvgIpc) is 2.38. The van der Waals surface area contributed by atoms with Gasteiger partial charge in [-0.1, -0.05) is 18.2 Å². The first-order valence-corrected chi connectivity index (χ1v) is 8.90. The minimum atomic E-state index is -3.83. The van der Waals surface area contributed by atoms with E-state index < -0.39 is 19.9 Å². The molecule has 1 aromatic carbocycles. The fourth-order valence-corrected chi connectivity index (χ4v) is 3.62.